The van der Waals surface area contributed by atoms with Crippen LogP contribution in [0.15, 0.2) is 48.5 Å². The first-order chi connectivity index (χ1) is 13.5. The number of aryl methyl sites for hydroxylation is 1. The van der Waals surface area contributed by atoms with Crippen molar-refractivity contribution in [3.8, 4) is 0 Å². The van der Waals surface area contributed by atoms with Crippen molar-refractivity contribution in [2.75, 3.05) is 11.9 Å². The topological polar surface area (TPSA) is 51.2 Å². The van der Waals surface area contributed by atoms with Gasteiger partial charge in [0.05, 0.1) is 17.7 Å². The van der Waals surface area contributed by atoms with Crippen LogP contribution < -0.4 is 5.32 Å². The van der Waals surface area contributed by atoms with Crippen LogP contribution in [0, 0.1) is 12.7 Å². The molecule has 2 heterocycles. The number of carbonyl (C=O) groups excluding carboxylic acids is 1. The van der Waals surface area contributed by atoms with Crippen LogP contribution in [0.25, 0.3) is 16.7 Å². The minimum atomic E-state index is -0.942. The largest absolute Gasteiger partial charge is 0.491 e. The lowest BCUT2D eigenvalue weighted by atomic mass is 10.0. The molecule has 1 aromatic heterocycles. The fourth-order valence-corrected chi connectivity index (χ4v) is 3.20. The molecule has 4 rings (SSSR count). The van der Waals surface area contributed by atoms with E-state index in [-0.39, 0.29) is 11.5 Å². The number of fused-ring (bicyclic) bond motifs is 1. The van der Waals surface area contributed by atoms with Crippen molar-refractivity contribution in [2.45, 2.75) is 20.0 Å². The molecule has 1 aliphatic heterocycles. The molecule has 6 heteroatoms. The predicted octanol–water partition coefficient (Wildman–Crippen LogP) is 5.17. The van der Waals surface area contributed by atoms with Gasteiger partial charge in [0.2, 0.25) is 0 Å². The summed E-state index contributed by atoms with van der Waals surface area (Å²) in [5.41, 5.74) is 2.91. The highest BCUT2D eigenvalue weighted by Crippen LogP contribution is 2.27. The van der Waals surface area contributed by atoms with E-state index in [0.717, 1.165) is 18.1 Å². The monoisotopic (exact) mass is 380 g/mol. The van der Waals surface area contributed by atoms with Crippen LogP contribution >= 0.6 is 0 Å². The Balaban J connectivity index is 1.77. The maximum Gasteiger partial charge on any atom is 0.256 e. The number of benzene rings is 2. The van der Waals surface area contributed by atoms with Gasteiger partial charge in [0, 0.05) is 23.1 Å². The van der Waals surface area contributed by atoms with E-state index in [2.05, 4.69) is 10.3 Å². The van der Waals surface area contributed by atoms with Crippen LogP contribution in [0.2, 0.25) is 0 Å². The summed E-state index contributed by atoms with van der Waals surface area (Å²) in [6, 6.07) is 11.2. The van der Waals surface area contributed by atoms with Crippen LogP contribution in [0.1, 0.15) is 33.6 Å². The smallest absolute Gasteiger partial charge is 0.256 e. The van der Waals surface area contributed by atoms with Crippen LogP contribution in [-0.2, 0) is 11.4 Å². The van der Waals surface area contributed by atoms with E-state index in [1.807, 2.05) is 31.2 Å². The van der Waals surface area contributed by atoms with E-state index in [4.69, 9.17) is 4.74 Å². The first-order valence-electron chi connectivity index (χ1n) is 8.95. The van der Waals surface area contributed by atoms with Crippen molar-refractivity contribution in [1.29, 1.82) is 0 Å². The second-order valence-electron chi connectivity index (χ2n) is 6.68. The second-order valence-corrected chi connectivity index (χ2v) is 6.68. The molecule has 4 nitrogen and oxygen atoms in total. The molecule has 1 amide bonds. The summed E-state index contributed by atoms with van der Waals surface area (Å²) in [5, 5.41) is 3.43. The molecule has 3 aromatic rings. The molecular formula is C22H18F2N2O2. The van der Waals surface area contributed by atoms with Crippen LogP contribution in [-0.4, -0.2) is 17.5 Å². The number of nitrogens with one attached hydrogen (secondary N) is 1. The Bertz CT molecular complexity index is 1110. The molecule has 142 valence electrons. The van der Waals surface area contributed by atoms with Gasteiger partial charge in [-0.25, -0.2) is 13.8 Å². The number of hydrogen-bond acceptors (Lipinski definition) is 3. The summed E-state index contributed by atoms with van der Waals surface area (Å²) in [6.45, 7) is 1.58. The normalized spacial score (nSPS) is 13.3. The molecule has 0 atom stereocenters. The first kappa shape index (κ1) is 18.1. The van der Waals surface area contributed by atoms with Gasteiger partial charge < -0.3 is 10.1 Å². The minimum Gasteiger partial charge on any atom is -0.491 e. The number of rotatable bonds is 4. The Morgan fingerprint density at radius 3 is 2.82 bits per heavy atom. The second kappa shape index (κ2) is 7.38. The van der Waals surface area contributed by atoms with Crippen molar-refractivity contribution in [2.24, 2.45) is 0 Å². The van der Waals surface area contributed by atoms with Gasteiger partial charge in [0.1, 0.15) is 23.9 Å². The number of hydrogen-bond donors (Lipinski definition) is 1. The van der Waals surface area contributed by atoms with Crippen molar-refractivity contribution in [3.63, 3.8) is 0 Å². The third kappa shape index (κ3) is 3.45. The molecule has 0 unspecified atom stereocenters. The molecule has 2 aromatic carbocycles. The Labute approximate surface area is 160 Å². The van der Waals surface area contributed by atoms with Gasteiger partial charge in [-0.15, -0.1) is 0 Å². The number of carbonyl (C=O) groups is 1. The summed E-state index contributed by atoms with van der Waals surface area (Å²) < 4.78 is 32.0. The molecule has 0 saturated heterocycles. The average molecular weight is 380 g/mol. The molecule has 0 bridgehead atoms. The van der Waals surface area contributed by atoms with E-state index in [1.54, 1.807) is 6.07 Å². The van der Waals surface area contributed by atoms with Crippen LogP contribution in [0.3, 0.4) is 0 Å². The molecule has 0 saturated carbocycles. The third-order valence-corrected chi connectivity index (χ3v) is 4.61. The average Bonchev–Trinajstić information content (AvgIpc) is 3.23. The van der Waals surface area contributed by atoms with E-state index in [9.17, 15) is 13.6 Å². The van der Waals surface area contributed by atoms with Gasteiger partial charge >= 0.3 is 0 Å². The molecular weight excluding hydrogens is 362 g/mol. The zero-order chi connectivity index (χ0) is 19.7. The molecule has 0 fully saturated rings. The van der Waals surface area contributed by atoms with Gasteiger partial charge in [-0.2, -0.15) is 0 Å². The molecule has 28 heavy (non-hydrogen) atoms. The standard InChI is InChI=1S/C22H18F2N2O2/c1-13-4-7-19-16(9-13)17(11-20(26-19)21-3-2-8-28-21)22(27)25-15-5-6-18(24)14(10-15)12-23/h3-7,9-11H,2,8,12H2,1H3,(H,25,27). The number of ether oxygens (including phenoxy) is 1. The third-order valence-electron chi connectivity index (χ3n) is 4.61. The molecule has 0 spiro atoms. The number of amides is 1. The Morgan fingerprint density at radius 1 is 1.21 bits per heavy atom. The lowest BCUT2D eigenvalue weighted by Gasteiger charge is -2.12. The lowest BCUT2D eigenvalue weighted by molar-refractivity contribution is 0.102. The van der Waals surface area contributed by atoms with Crippen molar-refractivity contribution < 1.29 is 18.3 Å². The number of anilines is 1. The van der Waals surface area contributed by atoms with Crippen LogP contribution in [0.4, 0.5) is 14.5 Å². The zero-order valence-electron chi connectivity index (χ0n) is 15.3. The Kier molecular flexibility index (Phi) is 4.77. The summed E-state index contributed by atoms with van der Waals surface area (Å²) in [4.78, 5) is 17.6. The zero-order valence-corrected chi connectivity index (χ0v) is 15.3. The number of aromatic nitrogens is 1. The molecule has 0 radical (unpaired) electrons. The summed E-state index contributed by atoms with van der Waals surface area (Å²) in [6.07, 6.45) is 2.74. The highest BCUT2D eigenvalue weighted by Gasteiger charge is 2.18. The lowest BCUT2D eigenvalue weighted by Crippen LogP contribution is -2.14. The number of halogens is 2. The molecule has 1 N–H and O–H groups in total. The number of pyridine rings is 1. The fourth-order valence-electron chi connectivity index (χ4n) is 3.20. The minimum absolute atomic E-state index is 0.0987. The van der Waals surface area contributed by atoms with E-state index >= 15 is 0 Å². The number of alkyl halides is 1. The fraction of sp³-hybridized carbons (Fsp3) is 0.182. The Hall–Kier alpha value is -3.28. The summed E-state index contributed by atoms with van der Waals surface area (Å²) >= 11 is 0. The summed E-state index contributed by atoms with van der Waals surface area (Å²) in [5.74, 6) is -0.370. The van der Waals surface area contributed by atoms with Crippen molar-refractivity contribution >= 4 is 28.3 Å². The SMILES string of the molecule is Cc1ccc2nc(C3=CCCO3)cc(C(=O)Nc3ccc(F)c(CF)c3)c2c1. The predicted molar refractivity (Wildman–Crippen MR) is 104 cm³/mol. The van der Waals surface area contributed by atoms with Gasteiger partial charge in [-0.3, -0.25) is 4.79 Å². The molecule has 0 aliphatic carbocycles. The highest BCUT2D eigenvalue weighted by atomic mass is 19.1. The van der Waals surface area contributed by atoms with E-state index < -0.39 is 12.5 Å². The van der Waals surface area contributed by atoms with E-state index in [1.165, 1.54) is 12.1 Å². The van der Waals surface area contributed by atoms with Crippen LogP contribution in [0.5, 0.6) is 0 Å². The Morgan fingerprint density at radius 2 is 2.07 bits per heavy atom. The van der Waals surface area contributed by atoms with E-state index in [0.29, 0.717) is 40.2 Å². The van der Waals surface area contributed by atoms with Crippen molar-refractivity contribution in [1.82, 2.24) is 4.98 Å². The van der Waals surface area contributed by atoms with Gasteiger partial charge in [0.25, 0.3) is 5.91 Å². The van der Waals surface area contributed by atoms with Gasteiger partial charge in [-0.05, 0) is 49.4 Å². The molecule has 1 aliphatic rings. The maximum atomic E-state index is 13.5. The van der Waals surface area contributed by atoms with Gasteiger partial charge in [0.15, 0.2) is 0 Å². The maximum absolute atomic E-state index is 13.5. The quantitative estimate of drug-likeness (QED) is 0.680. The van der Waals surface area contributed by atoms with Crippen molar-refractivity contribution in [3.05, 3.63) is 76.7 Å². The number of nitrogens with zero attached hydrogens (tertiary/aromatic N) is 1. The highest BCUT2D eigenvalue weighted by molar-refractivity contribution is 6.12. The first-order valence-corrected chi connectivity index (χ1v) is 8.95. The van der Waals surface area contributed by atoms with Gasteiger partial charge in [-0.1, -0.05) is 11.6 Å². The summed E-state index contributed by atoms with van der Waals surface area (Å²) in [7, 11) is 0.